The summed E-state index contributed by atoms with van der Waals surface area (Å²) in [7, 11) is 2.13. The van der Waals surface area contributed by atoms with Gasteiger partial charge in [0, 0.05) is 37.3 Å². The molecule has 0 spiro atoms. The first-order chi connectivity index (χ1) is 12.7. The third-order valence-electron chi connectivity index (χ3n) is 4.81. The molecule has 1 fully saturated rings. The van der Waals surface area contributed by atoms with Crippen LogP contribution in [-0.4, -0.2) is 49.0 Å². The van der Waals surface area contributed by atoms with Crippen molar-refractivity contribution in [2.24, 2.45) is 0 Å². The summed E-state index contributed by atoms with van der Waals surface area (Å²) in [5, 5.41) is 3.87. The fourth-order valence-corrected chi connectivity index (χ4v) is 3.27. The summed E-state index contributed by atoms with van der Waals surface area (Å²) >= 11 is 0. The van der Waals surface area contributed by atoms with Crippen LogP contribution in [0.3, 0.4) is 0 Å². The van der Waals surface area contributed by atoms with Gasteiger partial charge in [-0.05, 0) is 31.3 Å². The largest absolute Gasteiger partial charge is 0.354 e. The van der Waals surface area contributed by atoms with Crippen LogP contribution in [0.4, 0.5) is 11.5 Å². The lowest BCUT2D eigenvalue weighted by Gasteiger charge is -2.33. The molecule has 1 saturated heterocycles. The lowest BCUT2D eigenvalue weighted by molar-refractivity contribution is 0.102. The number of amides is 1. The van der Waals surface area contributed by atoms with E-state index in [1.54, 1.807) is 0 Å². The van der Waals surface area contributed by atoms with Crippen LogP contribution < -0.4 is 10.2 Å². The monoisotopic (exact) mass is 346 g/mol. The zero-order valence-corrected chi connectivity index (χ0v) is 14.9. The Morgan fingerprint density at radius 3 is 2.42 bits per heavy atom. The molecule has 0 aliphatic carbocycles. The predicted molar refractivity (Wildman–Crippen MR) is 106 cm³/mol. The van der Waals surface area contributed by atoms with Crippen LogP contribution in [-0.2, 0) is 0 Å². The van der Waals surface area contributed by atoms with Gasteiger partial charge >= 0.3 is 0 Å². The third kappa shape index (κ3) is 3.39. The molecule has 1 aromatic heterocycles. The van der Waals surface area contributed by atoms with Crippen molar-refractivity contribution in [3.8, 4) is 0 Å². The maximum atomic E-state index is 12.9. The van der Waals surface area contributed by atoms with Crippen LogP contribution in [0.25, 0.3) is 10.9 Å². The number of hydrogen-bond donors (Lipinski definition) is 1. The molecule has 1 aliphatic rings. The summed E-state index contributed by atoms with van der Waals surface area (Å²) < 4.78 is 0. The van der Waals surface area contributed by atoms with Crippen molar-refractivity contribution in [3.63, 3.8) is 0 Å². The van der Waals surface area contributed by atoms with E-state index in [0.717, 1.165) is 48.6 Å². The molecule has 4 rings (SSSR count). The summed E-state index contributed by atoms with van der Waals surface area (Å²) in [6.45, 7) is 3.84. The molecule has 3 aromatic rings. The molecule has 0 atom stereocenters. The third-order valence-corrected chi connectivity index (χ3v) is 4.81. The minimum atomic E-state index is -0.106. The minimum Gasteiger partial charge on any atom is -0.354 e. The van der Waals surface area contributed by atoms with Crippen molar-refractivity contribution in [2.75, 3.05) is 43.4 Å². The second kappa shape index (κ2) is 7.14. The number of fused-ring (bicyclic) bond motifs is 1. The van der Waals surface area contributed by atoms with E-state index in [9.17, 15) is 4.79 Å². The number of carbonyl (C=O) groups excluding carboxylic acids is 1. The maximum absolute atomic E-state index is 12.9. The number of carbonyl (C=O) groups is 1. The van der Waals surface area contributed by atoms with E-state index >= 15 is 0 Å². The molecule has 1 N–H and O–H groups in total. The molecular weight excluding hydrogens is 324 g/mol. The molecule has 1 amide bonds. The molecule has 2 heterocycles. The van der Waals surface area contributed by atoms with Gasteiger partial charge in [-0.25, -0.2) is 4.98 Å². The van der Waals surface area contributed by atoms with E-state index in [1.807, 2.05) is 60.7 Å². The summed E-state index contributed by atoms with van der Waals surface area (Å²) in [5.41, 5.74) is 2.30. The molecule has 0 bridgehead atoms. The molecule has 0 saturated carbocycles. The Labute approximate surface area is 153 Å². The standard InChI is InChI=1S/C21H22N4O/c1-24-11-13-25(14-12-24)20-15-18(17-9-5-6-10-19(17)23-20)21(26)22-16-7-3-2-4-8-16/h2-10,15H,11-14H2,1H3,(H,22,26). The van der Waals surface area contributed by atoms with Crippen molar-refractivity contribution in [1.29, 1.82) is 0 Å². The zero-order valence-electron chi connectivity index (χ0n) is 14.9. The molecule has 0 unspecified atom stereocenters. The van der Waals surface area contributed by atoms with E-state index < -0.39 is 0 Å². The predicted octanol–water partition coefficient (Wildman–Crippen LogP) is 3.24. The van der Waals surface area contributed by atoms with Crippen LogP contribution >= 0.6 is 0 Å². The number of anilines is 2. The fourth-order valence-electron chi connectivity index (χ4n) is 3.27. The first kappa shape index (κ1) is 16.5. The molecule has 26 heavy (non-hydrogen) atoms. The highest BCUT2D eigenvalue weighted by Crippen LogP contribution is 2.24. The van der Waals surface area contributed by atoms with Gasteiger partial charge in [-0.3, -0.25) is 4.79 Å². The highest BCUT2D eigenvalue weighted by Gasteiger charge is 2.19. The van der Waals surface area contributed by atoms with Gasteiger partial charge in [0.25, 0.3) is 5.91 Å². The number of benzene rings is 2. The van der Waals surface area contributed by atoms with Crippen molar-refractivity contribution in [1.82, 2.24) is 9.88 Å². The number of para-hydroxylation sites is 2. The number of hydrogen-bond acceptors (Lipinski definition) is 4. The lowest BCUT2D eigenvalue weighted by atomic mass is 10.1. The number of nitrogens with one attached hydrogen (secondary N) is 1. The Hall–Kier alpha value is -2.92. The minimum absolute atomic E-state index is 0.106. The molecule has 132 valence electrons. The average Bonchev–Trinajstić information content (AvgIpc) is 2.68. The van der Waals surface area contributed by atoms with E-state index in [4.69, 9.17) is 4.98 Å². The Balaban J connectivity index is 1.71. The van der Waals surface area contributed by atoms with Gasteiger partial charge in [-0.2, -0.15) is 0 Å². The summed E-state index contributed by atoms with van der Waals surface area (Å²) in [5.74, 6) is 0.764. The molecule has 0 radical (unpaired) electrons. The summed E-state index contributed by atoms with van der Waals surface area (Å²) in [6.07, 6.45) is 0. The van der Waals surface area contributed by atoms with Crippen LogP contribution in [0.1, 0.15) is 10.4 Å². The molecule has 5 heteroatoms. The van der Waals surface area contributed by atoms with Gasteiger partial charge in [-0.1, -0.05) is 36.4 Å². The first-order valence-corrected chi connectivity index (χ1v) is 8.90. The van der Waals surface area contributed by atoms with Gasteiger partial charge in [0.1, 0.15) is 5.82 Å². The van der Waals surface area contributed by atoms with Crippen molar-refractivity contribution < 1.29 is 4.79 Å². The van der Waals surface area contributed by atoms with E-state index in [1.165, 1.54) is 0 Å². The smallest absolute Gasteiger partial charge is 0.256 e. The van der Waals surface area contributed by atoms with Gasteiger partial charge in [0.05, 0.1) is 11.1 Å². The highest BCUT2D eigenvalue weighted by atomic mass is 16.1. The van der Waals surface area contributed by atoms with E-state index in [0.29, 0.717) is 5.56 Å². The topological polar surface area (TPSA) is 48.5 Å². The SMILES string of the molecule is CN1CCN(c2cc(C(=O)Nc3ccccc3)c3ccccc3n2)CC1. The lowest BCUT2D eigenvalue weighted by Crippen LogP contribution is -2.44. The summed E-state index contributed by atoms with van der Waals surface area (Å²) in [4.78, 5) is 22.3. The second-order valence-corrected chi connectivity index (χ2v) is 6.66. The van der Waals surface area contributed by atoms with Crippen molar-refractivity contribution >= 4 is 28.3 Å². The summed E-state index contributed by atoms with van der Waals surface area (Å²) in [6, 6.07) is 19.3. The van der Waals surface area contributed by atoms with Crippen LogP contribution in [0, 0.1) is 0 Å². The van der Waals surface area contributed by atoms with E-state index in [2.05, 4.69) is 22.2 Å². The van der Waals surface area contributed by atoms with Crippen molar-refractivity contribution in [2.45, 2.75) is 0 Å². The van der Waals surface area contributed by atoms with Gasteiger partial charge < -0.3 is 15.1 Å². The van der Waals surface area contributed by atoms with E-state index in [-0.39, 0.29) is 5.91 Å². The van der Waals surface area contributed by atoms with Crippen LogP contribution in [0.15, 0.2) is 60.7 Å². The molecule has 2 aromatic carbocycles. The number of rotatable bonds is 3. The fraction of sp³-hybridized carbons (Fsp3) is 0.238. The average molecular weight is 346 g/mol. The van der Waals surface area contributed by atoms with Gasteiger partial charge in [-0.15, -0.1) is 0 Å². The Morgan fingerprint density at radius 1 is 0.962 bits per heavy atom. The van der Waals surface area contributed by atoms with Crippen LogP contribution in [0.2, 0.25) is 0 Å². The number of nitrogens with zero attached hydrogens (tertiary/aromatic N) is 3. The number of likely N-dealkylation sites (N-methyl/N-ethyl adjacent to an activating group) is 1. The Bertz CT molecular complexity index is 918. The molecule has 5 nitrogen and oxygen atoms in total. The zero-order chi connectivity index (χ0) is 17.9. The van der Waals surface area contributed by atoms with Gasteiger partial charge in [0.15, 0.2) is 0 Å². The molecular formula is C21H22N4O. The second-order valence-electron chi connectivity index (χ2n) is 6.66. The van der Waals surface area contributed by atoms with Crippen molar-refractivity contribution in [3.05, 3.63) is 66.2 Å². The Morgan fingerprint density at radius 2 is 1.65 bits per heavy atom. The Kier molecular flexibility index (Phi) is 4.54. The maximum Gasteiger partial charge on any atom is 0.256 e. The number of aromatic nitrogens is 1. The quantitative estimate of drug-likeness (QED) is 0.791. The highest BCUT2D eigenvalue weighted by molar-refractivity contribution is 6.13. The first-order valence-electron chi connectivity index (χ1n) is 8.90. The van der Waals surface area contributed by atoms with Crippen LogP contribution in [0.5, 0.6) is 0 Å². The molecule has 1 aliphatic heterocycles. The normalized spacial score (nSPS) is 15.2. The van der Waals surface area contributed by atoms with Gasteiger partial charge in [0.2, 0.25) is 0 Å². The number of pyridine rings is 1. The number of piperazine rings is 1.